The lowest BCUT2D eigenvalue weighted by Gasteiger charge is -2.23. The van der Waals surface area contributed by atoms with Crippen LogP contribution in [0.3, 0.4) is 0 Å². The topological polar surface area (TPSA) is 53.4 Å². The van der Waals surface area contributed by atoms with Crippen LogP contribution in [-0.2, 0) is 11.3 Å². The molecule has 1 fully saturated rings. The first-order valence-corrected chi connectivity index (χ1v) is 7.42. The molecule has 4 heteroatoms. The average Bonchev–Trinajstić information content (AvgIpc) is 2.92. The molecule has 4 nitrogen and oxygen atoms in total. The molecule has 1 aliphatic heterocycles. The Morgan fingerprint density at radius 2 is 2.29 bits per heavy atom. The summed E-state index contributed by atoms with van der Waals surface area (Å²) in [6, 6.07) is 10.3. The van der Waals surface area contributed by atoms with Gasteiger partial charge in [0.15, 0.2) is 0 Å². The van der Waals surface area contributed by atoms with E-state index in [4.69, 9.17) is 0 Å². The van der Waals surface area contributed by atoms with E-state index in [9.17, 15) is 9.90 Å². The average molecular weight is 284 g/mol. The van der Waals surface area contributed by atoms with Crippen molar-refractivity contribution in [2.24, 2.45) is 5.41 Å². The highest BCUT2D eigenvalue weighted by molar-refractivity contribution is 5.79. The quantitative estimate of drug-likeness (QED) is 0.938. The highest BCUT2D eigenvalue weighted by atomic mass is 16.4. The zero-order valence-electron chi connectivity index (χ0n) is 12.2. The zero-order chi connectivity index (χ0) is 14.9. The van der Waals surface area contributed by atoms with Gasteiger partial charge in [0.05, 0.1) is 10.9 Å². The molecule has 0 amide bonds. The van der Waals surface area contributed by atoms with E-state index in [1.807, 2.05) is 19.1 Å². The second-order valence-electron chi connectivity index (χ2n) is 5.93. The summed E-state index contributed by atoms with van der Waals surface area (Å²) in [5.41, 5.74) is 1.65. The third-order valence-corrected chi connectivity index (χ3v) is 4.64. The Bertz CT molecular complexity index is 671. The summed E-state index contributed by atoms with van der Waals surface area (Å²) >= 11 is 0. The molecule has 1 aromatic heterocycles. The van der Waals surface area contributed by atoms with E-state index in [1.54, 1.807) is 6.20 Å². The normalized spacial score (nSPS) is 22.7. The molecular weight excluding hydrogens is 264 g/mol. The SMILES string of the molecule is CCC1(C(=O)O)CCN(Cc2ccc3ncccc3c2)C1. The van der Waals surface area contributed by atoms with Crippen molar-refractivity contribution in [2.75, 3.05) is 13.1 Å². The maximum Gasteiger partial charge on any atom is 0.310 e. The first-order valence-electron chi connectivity index (χ1n) is 7.42. The van der Waals surface area contributed by atoms with Crippen molar-refractivity contribution in [1.29, 1.82) is 0 Å². The third-order valence-electron chi connectivity index (χ3n) is 4.64. The van der Waals surface area contributed by atoms with Gasteiger partial charge in [0.2, 0.25) is 0 Å². The van der Waals surface area contributed by atoms with E-state index in [1.165, 1.54) is 5.56 Å². The van der Waals surface area contributed by atoms with Crippen molar-refractivity contribution in [1.82, 2.24) is 9.88 Å². The molecule has 1 aliphatic rings. The Balaban J connectivity index is 1.76. The molecule has 0 radical (unpaired) electrons. The molecule has 0 saturated carbocycles. The first kappa shape index (κ1) is 14.0. The van der Waals surface area contributed by atoms with Crippen LogP contribution in [0.1, 0.15) is 25.3 Å². The molecule has 2 aromatic rings. The van der Waals surface area contributed by atoms with Crippen LogP contribution in [0.2, 0.25) is 0 Å². The Hall–Kier alpha value is -1.94. The summed E-state index contributed by atoms with van der Waals surface area (Å²) in [5, 5.41) is 10.6. The van der Waals surface area contributed by atoms with Gasteiger partial charge in [0, 0.05) is 24.7 Å². The minimum atomic E-state index is -0.657. The number of rotatable bonds is 4. The van der Waals surface area contributed by atoms with Crippen LogP contribution in [-0.4, -0.2) is 34.0 Å². The summed E-state index contributed by atoms with van der Waals surface area (Å²) in [6.45, 7) is 4.27. The van der Waals surface area contributed by atoms with Crippen molar-refractivity contribution < 1.29 is 9.90 Å². The van der Waals surface area contributed by atoms with Gasteiger partial charge >= 0.3 is 5.97 Å². The number of hydrogen-bond donors (Lipinski definition) is 1. The number of nitrogens with zero attached hydrogens (tertiary/aromatic N) is 2. The summed E-state index contributed by atoms with van der Waals surface area (Å²) in [6.07, 6.45) is 3.24. The minimum absolute atomic E-state index is 0.557. The maximum absolute atomic E-state index is 11.5. The lowest BCUT2D eigenvalue weighted by molar-refractivity contribution is -0.148. The highest BCUT2D eigenvalue weighted by Gasteiger charge is 2.42. The molecule has 0 spiro atoms. The molecule has 21 heavy (non-hydrogen) atoms. The van der Waals surface area contributed by atoms with Crippen molar-refractivity contribution >= 4 is 16.9 Å². The number of carbonyl (C=O) groups is 1. The van der Waals surface area contributed by atoms with Crippen LogP contribution in [0.25, 0.3) is 10.9 Å². The Labute approximate surface area is 124 Å². The van der Waals surface area contributed by atoms with Gasteiger partial charge in [-0.25, -0.2) is 0 Å². The van der Waals surface area contributed by atoms with Gasteiger partial charge in [0.25, 0.3) is 0 Å². The monoisotopic (exact) mass is 284 g/mol. The van der Waals surface area contributed by atoms with Crippen LogP contribution in [0.5, 0.6) is 0 Å². The predicted molar refractivity (Wildman–Crippen MR) is 82.0 cm³/mol. The van der Waals surface area contributed by atoms with E-state index in [0.29, 0.717) is 13.0 Å². The van der Waals surface area contributed by atoms with E-state index in [2.05, 4.69) is 28.1 Å². The number of carboxylic acids is 1. The molecule has 1 saturated heterocycles. The van der Waals surface area contributed by atoms with Gasteiger partial charge in [0.1, 0.15) is 0 Å². The predicted octanol–water partition coefficient (Wildman–Crippen LogP) is 2.92. The lowest BCUT2D eigenvalue weighted by Crippen LogP contribution is -2.33. The van der Waals surface area contributed by atoms with E-state index < -0.39 is 11.4 Å². The van der Waals surface area contributed by atoms with Gasteiger partial charge in [-0.2, -0.15) is 0 Å². The lowest BCUT2D eigenvalue weighted by atomic mass is 9.84. The number of aliphatic carboxylic acids is 1. The number of pyridine rings is 1. The highest BCUT2D eigenvalue weighted by Crippen LogP contribution is 2.35. The standard InChI is InChI=1S/C17H20N2O2/c1-2-17(16(20)21)7-9-19(12-17)11-13-5-6-15-14(10-13)4-3-8-18-15/h3-6,8,10H,2,7,9,11-12H2,1H3,(H,20,21). The fourth-order valence-corrected chi connectivity index (χ4v) is 3.19. The second kappa shape index (κ2) is 5.45. The Morgan fingerprint density at radius 1 is 1.43 bits per heavy atom. The summed E-state index contributed by atoms with van der Waals surface area (Å²) < 4.78 is 0. The maximum atomic E-state index is 11.5. The van der Waals surface area contributed by atoms with Crippen LogP contribution < -0.4 is 0 Å². The van der Waals surface area contributed by atoms with E-state index in [-0.39, 0.29) is 0 Å². The van der Waals surface area contributed by atoms with E-state index >= 15 is 0 Å². The van der Waals surface area contributed by atoms with Crippen molar-refractivity contribution in [2.45, 2.75) is 26.3 Å². The number of aromatic nitrogens is 1. The zero-order valence-corrected chi connectivity index (χ0v) is 12.2. The van der Waals surface area contributed by atoms with Gasteiger partial charge < -0.3 is 5.11 Å². The minimum Gasteiger partial charge on any atom is -0.481 e. The van der Waals surface area contributed by atoms with Crippen molar-refractivity contribution in [3.63, 3.8) is 0 Å². The second-order valence-corrected chi connectivity index (χ2v) is 5.93. The molecular formula is C17H20N2O2. The molecule has 3 rings (SSSR count). The molecule has 1 unspecified atom stereocenters. The fourth-order valence-electron chi connectivity index (χ4n) is 3.19. The Kier molecular flexibility index (Phi) is 3.64. The first-order chi connectivity index (χ1) is 10.1. The molecule has 2 heterocycles. The van der Waals surface area contributed by atoms with Gasteiger partial charge in [-0.1, -0.05) is 19.1 Å². The van der Waals surface area contributed by atoms with Gasteiger partial charge in [-0.05, 0) is 43.1 Å². The smallest absolute Gasteiger partial charge is 0.310 e. The fraction of sp³-hybridized carbons (Fsp3) is 0.412. The van der Waals surface area contributed by atoms with Crippen LogP contribution >= 0.6 is 0 Å². The third kappa shape index (κ3) is 2.63. The van der Waals surface area contributed by atoms with E-state index in [0.717, 1.165) is 30.4 Å². The van der Waals surface area contributed by atoms with Crippen LogP contribution in [0.4, 0.5) is 0 Å². The molecule has 1 N–H and O–H groups in total. The molecule has 1 atom stereocenters. The number of fused-ring (bicyclic) bond motifs is 1. The van der Waals surface area contributed by atoms with Crippen molar-refractivity contribution in [3.05, 3.63) is 42.1 Å². The molecule has 110 valence electrons. The summed E-state index contributed by atoms with van der Waals surface area (Å²) in [5.74, 6) is -0.657. The van der Waals surface area contributed by atoms with Gasteiger partial charge in [-0.15, -0.1) is 0 Å². The van der Waals surface area contributed by atoms with Crippen LogP contribution in [0.15, 0.2) is 36.5 Å². The number of hydrogen-bond acceptors (Lipinski definition) is 3. The summed E-state index contributed by atoms with van der Waals surface area (Å²) in [7, 11) is 0. The molecule has 0 aliphatic carbocycles. The largest absolute Gasteiger partial charge is 0.481 e. The number of likely N-dealkylation sites (tertiary alicyclic amines) is 1. The number of benzene rings is 1. The molecule has 0 bridgehead atoms. The van der Waals surface area contributed by atoms with Crippen molar-refractivity contribution in [3.8, 4) is 0 Å². The Morgan fingerprint density at radius 3 is 3.00 bits per heavy atom. The summed E-state index contributed by atoms with van der Waals surface area (Å²) in [4.78, 5) is 18.1. The van der Waals surface area contributed by atoms with Gasteiger partial charge in [-0.3, -0.25) is 14.7 Å². The number of carboxylic acid groups (broad SMARTS) is 1. The van der Waals surface area contributed by atoms with Crippen LogP contribution in [0, 0.1) is 5.41 Å². The molecule has 1 aromatic carbocycles.